The van der Waals surface area contributed by atoms with Crippen LogP contribution in [0.5, 0.6) is 0 Å². The molecule has 37 heavy (non-hydrogen) atoms. The number of anilines is 5. The van der Waals surface area contributed by atoms with Gasteiger partial charge >= 0.3 is 12.2 Å². The van der Waals surface area contributed by atoms with E-state index in [-0.39, 0.29) is 11.6 Å². The van der Waals surface area contributed by atoms with Gasteiger partial charge < -0.3 is 26.3 Å². The second-order valence-corrected chi connectivity index (χ2v) is 8.26. The molecule has 5 rings (SSSR count). The lowest BCUT2D eigenvalue weighted by Gasteiger charge is -2.12. The van der Waals surface area contributed by atoms with E-state index in [0.717, 1.165) is 29.1 Å². The van der Waals surface area contributed by atoms with Crippen LogP contribution in [0.1, 0.15) is 16.8 Å². The first kappa shape index (κ1) is 23.7. The summed E-state index contributed by atoms with van der Waals surface area (Å²) in [6.07, 6.45) is -0.867. The fraction of sp³-hybridized carbons (Fsp3) is 0.0370. The number of amides is 3. The number of H-pyrrole nitrogens is 1. The van der Waals surface area contributed by atoms with Crippen molar-refractivity contribution in [3.8, 4) is 0 Å². The zero-order valence-corrected chi connectivity index (χ0v) is 19.1. The molecular formula is C27H20F3N5O2. The Bertz CT molecular complexity index is 1490. The molecule has 4 aromatic rings. The van der Waals surface area contributed by atoms with Crippen molar-refractivity contribution >= 4 is 52.0 Å². The van der Waals surface area contributed by atoms with Crippen LogP contribution in [0.2, 0.25) is 0 Å². The van der Waals surface area contributed by atoms with Crippen LogP contribution in [-0.2, 0) is 11.0 Å². The van der Waals surface area contributed by atoms with Crippen molar-refractivity contribution in [2.75, 3.05) is 21.3 Å². The molecule has 3 aromatic carbocycles. The zero-order valence-electron chi connectivity index (χ0n) is 19.1. The molecule has 0 unspecified atom stereocenters. The van der Waals surface area contributed by atoms with Crippen LogP contribution in [0.4, 0.5) is 46.4 Å². The van der Waals surface area contributed by atoms with Gasteiger partial charge in [0.05, 0.1) is 16.8 Å². The molecule has 1 aliphatic rings. The normalized spacial score (nSPS) is 13.7. The van der Waals surface area contributed by atoms with E-state index in [9.17, 15) is 22.8 Å². The molecule has 1 aliphatic heterocycles. The number of hydrogen-bond acceptors (Lipinski definition) is 3. The number of nitrogens with one attached hydrogen (secondary N) is 5. The van der Waals surface area contributed by atoms with Crippen molar-refractivity contribution in [1.29, 1.82) is 0 Å². The molecule has 1 aromatic heterocycles. The van der Waals surface area contributed by atoms with Crippen LogP contribution in [0, 0.1) is 0 Å². The summed E-state index contributed by atoms with van der Waals surface area (Å²) >= 11 is 0. The van der Waals surface area contributed by atoms with Gasteiger partial charge in [0.15, 0.2) is 0 Å². The Morgan fingerprint density at radius 2 is 1.51 bits per heavy atom. The predicted octanol–water partition coefficient (Wildman–Crippen LogP) is 6.91. The van der Waals surface area contributed by atoms with E-state index in [2.05, 4.69) is 26.3 Å². The van der Waals surface area contributed by atoms with Crippen LogP contribution in [0.15, 0.2) is 85.1 Å². The van der Waals surface area contributed by atoms with E-state index >= 15 is 0 Å². The Labute approximate surface area is 209 Å². The number of aromatic amines is 1. The Hall–Kier alpha value is -4.99. The van der Waals surface area contributed by atoms with E-state index in [1.165, 1.54) is 12.1 Å². The summed E-state index contributed by atoms with van der Waals surface area (Å²) in [5.74, 6) is -0.188. The molecule has 0 saturated carbocycles. The van der Waals surface area contributed by atoms with Gasteiger partial charge in [-0.05, 0) is 72.8 Å². The molecule has 10 heteroatoms. The van der Waals surface area contributed by atoms with Gasteiger partial charge in [0.2, 0.25) is 0 Å². The van der Waals surface area contributed by atoms with Crippen molar-refractivity contribution in [3.63, 3.8) is 0 Å². The summed E-state index contributed by atoms with van der Waals surface area (Å²) in [5, 5.41) is 11.3. The average molecular weight is 503 g/mol. The third-order valence-electron chi connectivity index (χ3n) is 5.60. The van der Waals surface area contributed by atoms with E-state index in [4.69, 9.17) is 0 Å². The molecule has 3 amide bonds. The van der Waals surface area contributed by atoms with Gasteiger partial charge in [-0.3, -0.25) is 4.79 Å². The quantitative estimate of drug-likeness (QED) is 0.191. The van der Waals surface area contributed by atoms with Gasteiger partial charge in [-0.2, -0.15) is 13.2 Å². The molecular weight excluding hydrogens is 483 g/mol. The van der Waals surface area contributed by atoms with Gasteiger partial charge in [-0.1, -0.05) is 12.1 Å². The van der Waals surface area contributed by atoms with Crippen molar-refractivity contribution in [1.82, 2.24) is 4.98 Å². The van der Waals surface area contributed by atoms with Crippen molar-refractivity contribution in [2.24, 2.45) is 0 Å². The second-order valence-electron chi connectivity index (χ2n) is 8.26. The third-order valence-corrected chi connectivity index (χ3v) is 5.60. The highest BCUT2D eigenvalue weighted by Crippen LogP contribution is 2.36. The Morgan fingerprint density at radius 3 is 2.24 bits per heavy atom. The molecule has 0 saturated heterocycles. The molecule has 0 bridgehead atoms. The minimum Gasteiger partial charge on any atom is -0.362 e. The third kappa shape index (κ3) is 5.48. The number of aromatic nitrogens is 1. The molecule has 0 atom stereocenters. The maximum Gasteiger partial charge on any atom is 0.416 e. The average Bonchev–Trinajstić information content (AvgIpc) is 3.47. The van der Waals surface area contributed by atoms with Crippen molar-refractivity contribution < 1.29 is 22.8 Å². The highest BCUT2D eigenvalue weighted by molar-refractivity contribution is 6.35. The first-order chi connectivity index (χ1) is 17.7. The predicted molar refractivity (Wildman–Crippen MR) is 138 cm³/mol. The van der Waals surface area contributed by atoms with Gasteiger partial charge in [0.25, 0.3) is 5.91 Å². The molecule has 2 heterocycles. The van der Waals surface area contributed by atoms with Crippen LogP contribution >= 0.6 is 0 Å². The standard InChI is InChI=1S/C27H20F3N5O2/c28-27(29,30)16-6-8-17(9-7-16)33-26(37)34-20-4-1-3-19(13-20)32-21-10-11-22-23(14-18-5-2-12-31-18)25(36)35-24(22)15-21/h1-15,31-32H,(H,35,36)(H2,33,34,37). The molecule has 0 aliphatic carbocycles. The first-order valence-corrected chi connectivity index (χ1v) is 11.2. The number of fused-ring (bicyclic) bond motifs is 1. The second kappa shape index (κ2) is 9.57. The molecule has 5 N–H and O–H groups in total. The summed E-state index contributed by atoms with van der Waals surface area (Å²) in [5.41, 5.74) is 4.17. The number of benzene rings is 3. The minimum absolute atomic E-state index is 0.188. The van der Waals surface area contributed by atoms with Gasteiger partial charge in [-0.15, -0.1) is 0 Å². The lowest BCUT2D eigenvalue weighted by Crippen LogP contribution is -2.19. The van der Waals surface area contributed by atoms with Crippen LogP contribution in [0.25, 0.3) is 11.6 Å². The minimum atomic E-state index is -4.44. The maximum absolute atomic E-state index is 12.7. The molecule has 0 spiro atoms. The largest absolute Gasteiger partial charge is 0.416 e. The fourth-order valence-electron chi connectivity index (χ4n) is 3.88. The zero-order chi connectivity index (χ0) is 26.0. The summed E-state index contributed by atoms with van der Waals surface area (Å²) < 4.78 is 38.1. The highest BCUT2D eigenvalue weighted by Gasteiger charge is 2.30. The van der Waals surface area contributed by atoms with Crippen molar-refractivity contribution in [2.45, 2.75) is 6.18 Å². The maximum atomic E-state index is 12.7. The molecule has 186 valence electrons. The molecule has 0 fully saturated rings. The lowest BCUT2D eigenvalue weighted by molar-refractivity contribution is -0.137. The van der Waals surface area contributed by atoms with E-state index in [1.807, 2.05) is 30.3 Å². The highest BCUT2D eigenvalue weighted by atomic mass is 19.4. The summed E-state index contributed by atoms with van der Waals surface area (Å²) in [7, 11) is 0. The number of alkyl halides is 3. The number of carbonyl (C=O) groups excluding carboxylic acids is 2. The molecule has 7 nitrogen and oxygen atoms in total. The van der Waals surface area contributed by atoms with E-state index < -0.39 is 17.8 Å². The topological polar surface area (TPSA) is 98.0 Å². The number of urea groups is 1. The summed E-state index contributed by atoms with van der Waals surface area (Å²) in [6, 6.07) is 19.7. The monoisotopic (exact) mass is 503 g/mol. The van der Waals surface area contributed by atoms with Crippen LogP contribution in [-0.4, -0.2) is 16.9 Å². The number of halogens is 3. The Balaban J connectivity index is 1.24. The Kier molecular flexibility index (Phi) is 6.14. The lowest BCUT2D eigenvalue weighted by atomic mass is 10.1. The number of carbonyl (C=O) groups is 2. The SMILES string of the molecule is O=C(Nc1ccc(C(F)(F)F)cc1)Nc1cccc(Nc2ccc3c(c2)NC(=O)C3=Cc2ccc[nH]2)c1. The smallest absolute Gasteiger partial charge is 0.362 e. The van der Waals surface area contributed by atoms with Crippen LogP contribution < -0.4 is 21.3 Å². The first-order valence-electron chi connectivity index (χ1n) is 11.2. The van der Waals surface area contributed by atoms with Gasteiger partial charge in [0, 0.05) is 40.2 Å². The van der Waals surface area contributed by atoms with Gasteiger partial charge in [0.1, 0.15) is 0 Å². The van der Waals surface area contributed by atoms with E-state index in [1.54, 1.807) is 36.5 Å². The Morgan fingerprint density at radius 1 is 0.811 bits per heavy atom. The molecule has 0 radical (unpaired) electrons. The number of rotatable bonds is 5. The van der Waals surface area contributed by atoms with Crippen molar-refractivity contribution in [3.05, 3.63) is 102 Å². The van der Waals surface area contributed by atoms with E-state index in [0.29, 0.717) is 22.6 Å². The fourth-order valence-corrected chi connectivity index (χ4v) is 3.88. The summed E-state index contributed by atoms with van der Waals surface area (Å²) in [4.78, 5) is 27.8. The van der Waals surface area contributed by atoms with Crippen LogP contribution in [0.3, 0.4) is 0 Å². The van der Waals surface area contributed by atoms with Gasteiger partial charge in [-0.25, -0.2) is 4.79 Å². The number of hydrogen-bond donors (Lipinski definition) is 5. The summed E-state index contributed by atoms with van der Waals surface area (Å²) in [6.45, 7) is 0.